The van der Waals surface area contributed by atoms with E-state index in [1.54, 1.807) is 24.9 Å². The summed E-state index contributed by atoms with van der Waals surface area (Å²) in [5.74, 6) is 0.502. The van der Waals surface area contributed by atoms with Crippen LogP contribution in [0.5, 0.6) is 0 Å². The predicted molar refractivity (Wildman–Crippen MR) is 77.9 cm³/mol. The number of pyridine rings is 2. The number of hydrogen-bond acceptors (Lipinski definition) is 4. The lowest BCUT2D eigenvalue weighted by molar-refractivity contribution is 0.626. The van der Waals surface area contributed by atoms with Gasteiger partial charge in [0.1, 0.15) is 5.82 Å². The van der Waals surface area contributed by atoms with Crippen LogP contribution >= 0.6 is 0 Å². The van der Waals surface area contributed by atoms with Gasteiger partial charge in [0.25, 0.3) is 0 Å². The molecule has 0 spiro atoms. The van der Waals surface area contributed by atoms with Gasteiger partial charge in [-0.3, -0.25) is 4.98 Å². The van der Waals surface area contributed by atoms with Gasteiger partial charge in [0.05, 0.1) is 30.0 Å². The zero-order valence-corrected chi connectivity index (χ0v) is 11.1. The topological polar surface area (TPSA) is 69.6 Å². The minimum atomic E-state index is 0.0771. The highest BCUT2D eigenvalue weighted by atomic mass is 15.1. The van der Waals surface area contributed by atoms with Gasteiger partial charge in [-0.05, 0) is 31.2 Å². The Morgan fingerprint density at radius 2 is 1.95 bits per heavy atom. The molecule has 1 unspecified atom stereocenters. The third kappa shape index (κ3) is 2.14. The Morgan fingerprint density at radius 3 is 2.70 bits per heavy atom. The van der Waals surface area contributed by atoms with Crippen LogP contribution in [0.2, 0.25) is 0 Å². The molecule has 5 heteroatoms. The first kappa shape index (κ1) is 12.3. The third-order valence-electron chi connectivity index (χ3n) is 3.31. The SMILES string of the molecule is CC(c1ccccn1)n1cncc1-c1cccnc1N. The second-order valence-corrected chi connectivity index (χ2v) is 4.55. The largest absolute Gasteiger partial charge is 0.383 e. The van der Waals surface area contributed by atoms with Crippen molar-refractivity contribution in [3.05, 3.63) is 60.9 Å². The Hall–Kier alpha value is -2.69. The molecule has 5 nitrogen and oxygen atoms in total. The van der Waals surface area contributed by atoms with Gasteiger partial charge in [-0.1, -0.05) is 6.07 Å². The molecular formula is C15H15N5. The highest BCUT2D eigenvalue weighted by molar-refractivity contribution is 5.70. The number of anilines is 1. The molecule has 0 fully saturated rings. The molecule has 20 heavy (non-hydrogen) atoms. The summed E-state index contributed by atoms with van der Waals surface area (Å²) < 4.78 is 2.05. The molecule has 0 radical (unpaired) electrons. The van der Waals surface area contributed by atoms with E-state index in [0.29, 0.717) is 5.82 Å². The van der Waals surface area contributed by atoms with E-state index in [2.05, 4.69) is 26.4 Å². The number of nitrogens with two attached hydrogens (primary N) is 1. The fourth-order valence-electron chi connectivity index (χ4n) is 2.22. The summed E-state index contributed by atoms with van der Waals surface area (Å²) in [5, 5.41) is 0. The van der Waals surface area contributed by atoms with Gasteiger partial charge in [-0.25, -0.2) is 9.97 Å². The van der Waals surface area contributed by atoms with Crippen molar-refractivity contribution in [2.75, 3.05) is 5.73 Å². The molecular weight excluding hydrogens is 250 g/mol. The Labute approximate surface area is 117 Å². The lowest BCUT2D eigenvalue weighted by atomic mass is 10.1. The number of rotatable bonds is 3. The van der Waals surface area contributed by atoms with Crippen molar-refractivity contribution in [1.82, 2.24) is 19.5 Å². The molecule has 0 amide bonds. The molecule has 0 saturated heterocycles. The van der Waals surface area contributed by atoms with Gasteiger partial charge in [0.15, 0.2) is 0 Å². The highest BCUT2D eigenvalue weighted by Gasteiger charge is 2.15. The van der Waals surface area contributed by atoms with E-state index in [0.717, 1.165) is 17.0 Å². The molecule has 3 aromatic rings. The highest BCUT2D eigenvalue weighted by Crippen LogP contribution is 2.27. The van der Waals surface area contributed by atoms with Gasteiger partial charge in [0, 0.05) is 18.0 Å². The Kier molecular flexibility index (Phi) is 3.16. The van der Waals surface area contributed by atoms with Crippen molar-refractivity contribution in [3.63, 3.8) is 0 Å². The van der Waals surface area contributed by atoms with Crippen molar-refractivity contribution in [3.8, 4) is 11.3 Å². The molecule has 3 aromatic heterocycles. The van der Waals surface area contributed by atoms with Crippen LogP contribution in [0, 0.1) is 0 Å². The monoisotopic (exact) mass is 265 g/mol. The summed E-state index contributed by atoms with van der Waals surface area (Å²) in [7, 11) is 0. The number of imidazole rings is 1. The van der Waals surface area contributed by atoms with E-state index >= 15 is 0 Å². The summed E-state index contributed by atoms with van der Waals surface area (Å²) in [6.07, 6.45) is 7.07. The predicted octanol–water partition coefficient (Wildman–Crippen LogP) is 2.53. The van der Waals surface area contributed by atoms with E-state index in [1.165, 1.54) is 0 Å². The summed E-state index contributed by atoms with van der Waals surface area (Å²) in [4.78, 5) is 12.8. The first-order valence-electron chi connectivity index (χ1n) is 6.41. The first-order valence-corrected chi connectivity index (χ1v) is 6.41. The van der Waals surface area contributed by atoms with Crippen LogP contribution in [-0.4, -0.2) is 19.5 Å². The fourth-order valence-corrected chi connectivity index (χ4v) is 2.22. The molecule has 0 aromatic carbocycles. The Morgan fingerprint density at radius 1 is 1.10 bits per heavy atom. The fraction of sp³-hybridized carbons (Fsp3) is 0.133. The Bertz CT molecular complexity index is 705. The Balaban J connectivity index is 2.05. The summed E-state index contributed by atoms with van der Waals surface area (Å²) in [5.41, 5.74) is 8.75. The lowest BCUT2D eigenvalue weighted by Gasteiger charge is -2.16. The first-order chi connectivity index (χ1) is 9.77. The number of hydrogen-bond donors (Lipinski definition) is 1. The summed E-state index contributed by atoms with van der Waals surface area (Å²) in [6, 6.07) is 9.78. The van der Waals surface area contributed by atoms with Crippen molar-refractivity contribution in [1.29, 1.82) is 0 Å². The maximum absolute atomic E-state index is 5.95. The average molecular weight is 265 g/mol. The van der Waals surface area contributed by atoms with Crippen molar-refractivity contribution < 1.29 is 0 Å². The molecule has 100 valence electrons. The third-order valence-corrected chi connectivity index (χ3v) is 3.31. The van der Waals surface area contributed by atoms with Crippen molar-refractivity contribution >= 4 is 5.82 Å². The van der Waals surface area contributed by atoms with E-state index in [-0.39, 0.29) is 6.04 Å². The standard InChI is InChI=1S/C15H15N5/c1-11(13-6-2-3-7-18-13)20-10-17-9-14(20)12-5-4-8-19-15(12)16/h2-11H,1H3,(H2,16,19). The van der Waals surface area contributed by atoms with Gasteiger partial charge in [0.2, 0.25) is 0 Å². The molecule has 3 heterocycles. The average Bonchev–Trinajstić information content (AvgIpc) is 2.97. The maximum atomic E-state index is 5.95. The molecule has 0 bridgehead atoms. The van der Waals surface area contributed by atoms with Crippen LogP contribution in [0.25, 0.3) is 11.3 Å². The zero-order valence-electron chi connectivity index (χ0n) is 11.1. The number of aromatic nitrogens is 4. The van der Waals surface area contributed by atoms with Crippen LogP contribution in [0.1, 0.15) is 18.7 Å². The summed E-state index contributed by atoms with van der Waals surface area (Å²) >= 11 is 0. The molecule has 1 atom stereocenters. The maximum Gasteiger partial charge on any atom is 0.132 e. The van der Waals surface area contributed by atoms with E-state index < -0.39 is 0 Å². The zero-order chi connectivity index (χ0) is 13.9. The minimum Gasteiger partial charge on any atom is -0.383 e. The van der Waals surface area contributed by atoms with Gasteiger partial charge in [-0.15, -0.1) is 0 Å². The number of nitrogens with zero attached hydrogens (tertiary/aromatic N) is 4. The normalized spacial score (nSPS) is 12.2. The minimum absolute atomic E-state index is 0.0771. The van der Waals surface area contributed by atoms with Crippen LogP contribution in [0.3, 0.4) is 0 Å². The van der Waals surface area contributed by atoms with E-state index in [4.69, 9.17) is 5.73 Å². The van der Waals surface area contributed by atoms with Crippen LogP contribution in [0.4, 0.5) is 5.82 Å². The van der Waals surface area contributed by atoms with Crippen molar-refractivity contribution in [2.24, 2.45) is 0 Å². The molecule has 3 rings (SSSR count). The molecule has 2 N–H and O–H groups in total. The lowest BCUT2D eigenvalue weighted by Crippen LogP contribution is -2.09. The van der Waals surface area contributed by atoms with Gasteiger partial charge in [-0.2, -0.15) is 0 Å². The van der Waals surface area contributed by atoms with Crippen LogP contribution in [0.15, 0.2) is 55.2 Å². The van der Waals surface area contributed by atoms with Crippen LogP contribution < -0.4 is 5.73 Å². The second kappa shape index (κ2) is 5.13. The molecule has 0 saturated carbocycles. The van der Waals surface area contributed by atoms with Gasteiger partial charge >= 0.3 is 0 Å². The second-order valence-electron chi connectivity index (χ2n) is 4.55. The van der Waals surface area contributed by atoms with Gasteiger partial charge < -0.3 is 10.3 Å². The van der Waals surface area contributed by atoms with Crippen molar-refractivity contribution in [2.45, 2.75) is 13.0 Å². The summed E-state index contributed by atoms with van der Waals surface area (Å²) in [6.45, 7) is 2.08. The van der Waals surface area contributed by atoms with E-state index in [1.807, 2.05) is 30.3 Å². The smallest absolute Gasteiger partial charge is 0.132 e. The quantitative estimate of drug-likeness (QED) is 0.790. The molecule has 0 aliphatic heterocycles. The molecule has 0 aliphatic rings. The number of nitrogen functional groups attached to an aromatic ring is 1. The molecule has 0 aliphatic carbocycles. The van der Waals surface area contributed by atoms with E-state index in [9.17, 15) is 0 Å². The van der Waals surface area contributed by atoms with Crippen LogP contribution in [-0.2, 0) is 0 Å².